The van der Waals surface area contributed by atoms with Crippen LogP contribution >= 0.6 is 11.6 Å². The Bertz CT molecular complexity index is 1040. The summed E-state index contributed by atoms with van der Waals surface area (Å²) < 4.78 is 22.4. The van der Waals surface area contributed by atoms with Gasteiger partial charge < -0.3 is 10.6 Å². The molecule has 1 saturated carbocycles. The molecular formula is C22H27ClN4O3S. The van der Waals surface area contributed by atoms with Gasteiger partial charge in [0.1, 0.15) is 0 Å². The van der Waals surface area contributed by atoms with Crippen molar-refractivity contribution in [2.24, 2.45) is 5.84 Å². The van der Waals surface area contributed by atoms with Crippen LogP contribution in [-0.2, 0) is 10.0 Å². The minimum absolute atomic E-state index is 0.222. The zero-order valence-corrected chi connectivity index (χ0v) is 18.8. The standard InChI is InChI=1S/C22H27ClN4O3S/c1-15(18-3-2-4-20(23)13-18)26-21-10-9-19(14-21)16-5-7-17(8-6-16)22(28)25-11-12-31(29,30)27-24/h2-8,11-13,15,19,21,26-27H,9-10,14,24H2,1H3,(H,25,28)/b12-11+. The van der Waals surface area contributed by atoms with E-state index in [1.54, 1.807) is 17.0 Å². The fourth-order valence-corrected chi connectivity index (χ4v) is 4.41. The van der Waals surface area contributed by atoms with Crippen LogP contribution in [0.25, 0.3) is 0 Å². The number of carbonyl (C=O) groups is 1. The Kier molecular flexibility index (Phi) is 7.85. The maximum Gasteiger partial charge on any atom is 0.255 e. The number of halogens is 1. The summed E-state index contributed by atoms with van der Waals surface area (Å²) in [7, 11) is -3.73. The Morgan fingerprint density at radius 3 is 2.61 bits per heavy atom. The fourth-order valence-electron chi connectivity index (χ4n) is 3.89. The summed E-state index contributed by atoms with van der Waals surface area (Å²) >= 11 is 6.10. The van der Waals surface area contributed by atoms with Crippen LogP contribution in [0.3, 0.4) is 0 Å². The molecule has 0 aromatic heterocycles. The van der Waals surface area contributed by atoms with Gasteiger partial charge in [0.15, 0.2) is 0 Å². The van der Waals surface area contributed by atoms with E-state index in [1.807, 2.05) is 30.3 Å². The number of nitrogens with two attached hydrogens (primary N) is 1. The molecule has 3 rings (SSSR count). The maximum absolute atomic E-state index is 12.2. The van der Waals surface area contributed by atoms with Crippen LogP contribution in [0.4, 0.5) is 0 Å². The van der Waals surface area contributed by atoms with Crippen LogP contribution in [0.15, 0.2) is 60.1 Å². The first kappa shape index (κ1) is 23.4. The molecule has 0 heterocycles. The minimum Gasteiger partial charge on any atom is -0.328 e. The number of amides is 1. The van der Waals surface area contributed by atoms with E-state index in [0.717, 1.165) is 35.9 Å². The Morgan fingerprint density at radius 1 is 1.19 bits per heavy atom. The van der Waals surface area contributed by atoms with Crippen LogP contribution < -0.4 is 21.3 Å². The number of hydrogen-bond acceptors (Lipinski definition) is 5. The number of sulfonamides is 1. The lowest BCUT2D eigenvalue weighted by Crippen LogP contribution is -2.29. The molecule has 0 bridgehead atoms. The van der Waals surface area contributed by atoms with E-state index in [9.17, 15) is 13.2 Å². The number of hydrogen-bond donors (Lipinski definition) is 4. The summed E-state index contributed by atoms with van der Waals surface area (Å²) in [4.78, 5) is 13.8. The molecule has 7 nitrogen and oxygen atoms in total. The number of rotatable bonds is 8. The Hall–Kier alpha value is -2.23. The lowest BCUT2D eigenvalue weighted by atomic mass is 9.96. The molecule has 1 aliphatic rings. The van der Waals surface area contributed by atoms with E-state index in [4.69, 9.17) is 17.4 Å². The molecule has 2 aromatic carbocycles. The molecule has 0 radical (unpaired) electrons. The van der Waals surface area contributed by atoms with Crippen molar-refractivity contribution in [1.29, 1.82) is 0 Å². The Balaban J connectivity index is 1.54. The van der Waals surface area contributed by atoms with Crippen molar-refractivity contribution in [3.8, 4) is 0 Å². The smallest absolute Gasteiger partial charge is 0.255 e. The van der Waals surface area contributed by atoms with Gasteiger partial charge in [-0.15, -0.1) is 0 Å². The largest absolute Gasteiger partial charge is 0.328 e. The average molecular weight is 463 g/mol. The molecule has 3 atom stereocenters. The summed E-state index contributed by atoms with van der Waals surface area (Å²) in [5, 5.41) is 7.64. The second-order valence-corrected chi connectivity index (χ2v) is 9.75. The topological polar surface area (TPSA) is 113 Å². The molecule has 0 spiro atoms. The molecule has 0 aliphatic heterocycles. The van der Waals surface area contributed by atoms with E-state index >= 15 is 0 Å². The zero-order chi connectivity index (χ0) is 22.4. The molecule has 31 heavy (non-hydrogen) atoms. The SMILES string of the molecule is CC(NC1CCC(c2ccc(C(=O)N/C=C/S(=O)(=O)NN)cc2)C1)c1cccc(Cl)c1. The second-order valence-electron chi connectivity index (χ2n) is 7.71. The Labute approximate surface area is 188 Å². The molecular weight excluding hydrogens is 436 g/mol. The van der Waals surface area contributed by atoms with Crippen LogP contribution in [-0.4, -0.2) is 20.4 Å². The quantitative estimate of drug-likeness (QED) is 0.355. The van der Waals surface area contributed by atoms with Crippen molar-refractivity contribution in [2.45, 2.75) is 44.2 Å². The van der Waals surface area contributed by atoms with E-state index in [2.05, 4.69) is 23.6 Å². The monoisotopic (exact) mass is 462 g/mol. The number of nitrogens with one attached hydrogen (secondary N) is 3. The third kappa shape index (κ3) is 6.62. The van der Waals surface area contributed by atoms with E-state index < -0.39 is 15.9 Å². The molecule has 166 valence electrons. The summed E-state index contributed by atoms with van der Waals surface area (Å²) in [6.45, 7) is 2.15. The highest BCUT2D eigenvalue weighted by Crippen LogP contribution is 2.35. The van der Waals surface area contributed by atoms with Gasteiger partial charge in [-0.1, -0.05) is 35.9 Å². The van der Waals surface area contributed by atoms with E-state index in [0.29, 0.717) is 17.5 Å². The van der Waals surface area contributed by atoms with Crippen LogP contribution in [0.2, 0.25) is 5.02 Å². The molecule has 9 heteroatoms. The van der Waals surface area contributed by atoms with Crippen molar-refractivity contribution in [3.05, 3.63) is 81.9 Å². The fraction of sp³-hybridized carbons (Fsp3) is 0.318. The molecule has 1 amide bonds. The van der Waals surface area contributed by atoms with Gasteiger partial charge in [0.25, 0.3) is 5.91 Å². The average Bonchev–Trinajstić information content (AvgIpc) is 3.22. The van der Waals surface area contributed by atoms with Crippen molar-refractivity contribution < 1.29 is 13.2 Å². The molecule has 2 aromatic rings. The highest BCUT2D eigenvalue weighted by molar-refractivity contribution is 7.92. The summed E-state index contributed by atoms with van der Waals surface area (Å²) in [6, 6.07) is 16.0. The lowest BCUT2D eigenvalue weighted by Gasteiger charge is -2.20. The van der Waals surface area contributed by atoms with Gasteiger partial charge >= 0.3 is 0 Å². The molecule has 1 aliphatic carbocycles. The van der Waals surface area contributed by atoms with Gasteiger partial charge in [0.2, 0.25) is 10.0 Å². The molecule has 3 unspecified atom stereocenters. The summed E-state index contributed by atoms with van der Waals surface area (Å²) in [5.41, 5.74) is 2.82. The first-order chi connectivity index (χ1) is 14.8. The third-order valence-electron chi connectivity index (χ3n) is 5.54. The molecule has 1 fully saturated rings. The van der Waals surface area contributed by atoms with Gasteiger partial charge in [0.05, 0.1) is 5.41 Å². The minimum atomic E-state index is -3.73. The van der Waals surface area contributed by atoms with E-state index in [1.165, 1.54) is 11.1 Å². The van der Waals surface area contributed by atoms with Crippen molar-refractivity contribution in [2.75, 3.05) is 0 Å². The summed E-state index contributed by atoms with van der Waals surface area (Å²) in [5.74, 6) is 4.91. The molecule has 5 N–H and O–H groups in total. The van der Waals surface area contributed by atoms with Gasteiger partial charge in [-0.05, 0) is 67.5 Å². The van der Waals surface area contributed by atoms with Gasteiger partial charge in [-0.25, -0.2) is 8.42 Å². The normalized spacial score (nSPS) is 20.1. The number of carbonyl (C=O) groups excluding carboxylic acids is 1. The highest BCUT2D eigenvalue weighted by atomic mass is 35.5. The predicted octanol–water partition coefficient (Wildman–Crippen LogP) is 3.32. The van der Waals surface area contributed by atoms with Crippen LogP contribution in [0, 0.1) is 0 Å². The number of benzene rings is 2. The highest BCUT2D eigenvalue weighted by Gasteiger charge is 2.27. The first-order valence-corrected chi connectivity index (χ1v) is 12.0. The van der Waals surface area contributed by atoms with Gasteiger partial charge in [-0.2, -0.15) is 4.83 Å². The summed E-state index contributed by atoms with van der Waals surface area (Å²) in [6.07, 6.45) is 4.24. The van der Waals surface area contributed by atoms with Crippen LogP contribution in [0.5, 0.6) is 0 Å². The van der Waals surface area contributed by atoms with E-state index in [-0.39, 0.29) is 6.04 Å². The van der Waals surface area contributed by atoms with Crippen molar-refractivity contribution >= 4 is 27.5 Å². The first-order valence-electron chi connectivity index (χ1n) is 10.1. The van der Waals surface area contributed by atoms with Crippen molar-refractivity contribution in [1.82, 2.24) is 15.5 Å². The number of hydrazine groups is 1. The Morgan fingerprint density at radius 2 is 1.94 bits per heavy atom. The second kappa shape index (κ2) is 10.4. The maximum atomic E-state index is 12.2. The third-order valence-corrected chi connectivity index (χ3v) is 6.60. The van der Waals surface area contributed by atoms with Gasteiger partial charge in [-0.3, -0.25) is 10.6 Å². The van der Waals surface area contributed by atoms with Gasteiger partial charge in [0, 0.05) is 28.9 Å². The van der Waals surface area contributed by atoms with Crippen molar-refractivity contribution in [3.63, 3.8) is 0 Å². The predicted molar refractivity (Wildman–Crippen MR) is 123 cm³/mol. The zero-order valence-electron chi connectivity index (χ0n) is 17.2. The molecule has 0 saturated heterocycles. The van der Waals surface area contributed by atoms with Crippen LogP contribution in [0.1, 0.15) is 59.6 Å². The lowest BCUT2D eigenvalue weighted by molar-refractivity contribution is 0.0970.